The zero-order chi connectivity index (χ0) is 27.2. The SMILES string of the molecule is CCCCCN1C(=O)/C(=C/c2cn(-c3ccccc3)nc2-c2ccc(OCc3ccc(Cl)cc3)cc2)SC1=S. The van der Waals surface area contributed by atoms with E-state index in [0.717, 1.165) is 53.1 Å². The smallest absolute Gasteiger partial charge is 0.266 e. The van der Waals surface area contributed by atoms with Crippen molar-refractivity contribution in [2.24, 2.45) is 0 Å². The van der Waals surface area contributed by atoms with Crippen molar-refractivity contribution < 1.29 is 9.53 Å². The molecule has 1 aromatic heterocycles. The lowest BCUT2D eigenvalue weighted by Gasteiger charge is -2.13. The second-order valence-corrected chi connectivity index (χ2v) is 11.3. The van der Waals surface area contributed by atoms with Crippen molar-refractivity contribution in [2.45, 2.75) is 32.8 Å². The van der Waals surface area contributed by atoms with Crippen molar-refractivity contribution >= 4 is 51.9 Å². The van der Waals surface area contributed by atoms with Gasteiger partial charge in [0.1, 0.15) is 16.7 Å². The molecule has 0 bridgehead atoms. The Bertz CT molecular complexity index is 1480. The molecule has 1 saturated heterocycles. The van der Waals surface area contributed by atoms with Crippen LogP contribution in [-0.2, 0) is 11.4 Å². The Labute approximate surface area is 243 Å². The van der Waals surface area contributed by atoms with Crippen LogP contribution in [0.25, 0.3) is 23.0 Å². The largest absolute Gasteiger partial charge is 0.489 e. The van der Waals surface area contributed by atoms with Gasteiger partial charge in [0, 0.05) is 28.9 Å². The molecule has 0 atom stereocenters. The molecular weight excluding hydrogens is 546 g/mol. The molecule has 1 amide bonds. The van der Waals surface area contributed by atoms with Crippen LogP contribution in [0.2, 0.25) is 5.02 Å². The number of benzene rings is 3. The second kappa shape index (κ2) is 12.6. The summed E-state index contributed by atoms with van der Waals surface area (Å²) in [6.45, 7) is 3.25. The molecule has 39 heavy (non-hydrogen) atoms. The van der Waals surface area contributed by atoms with Gasteiger partial charge in [0.15, 0.2) is 0 Å². The van der Waals surface area contributed by atoms with Gasteiger partial charge in [0.25, 0.3) is 5.91 Å². The Balaban J connectivity index is 1.41. The normalized spacial score (nSPS) is 14.4. The summed E-state index contributed by atoms with van der Waals surface area (Å²) in [5.41, 5.74) is 4.53. The Morgan fingerprint density at radius 1 is 1.00 bits per heavy atom. The summed E-state index contributed by atoms with van der Waals surface area (Å²) in [6.07, 6.45) is 6.98. The van der Waals surface area contributed by atoms with Crippen LogP contribution < -0.4 is 4.74 Å². The lowest BCUT2D eigenvalue weighted by atomic mass is 10.1. The van der Waals surface area contributed by atoms with E-state index < -0.39 is 0 Å². The number of nitrogens with zero attached hydrogens (tertiary/aromatic N) is 3. The highest BCUT2D eigenvalue weighted by atomic mass is 35.5. The van der Waals surface area contributed by atoms with Crippen molar-refractivity contribution in [3.05, 3.63) is 106 Å². The van der Waals surface area contributed by atoms with Crippen LogP contribution >= 0.6 is 35.6 Å². The van der Waals surface area contributed by atoms with Crippen LogP contribution in [0.15, 0.2) is 90.0 Å². The number of halogens is 1. The minimum absolute atomic E-state index is 0.0366. The minimum atomic E-state index is -0.0366. The first-order valence-corrected chi connectivity index (χ1v) is 14.5. The lowest BCUT2D eigenvalue weighted by molar-refractivity contribution is -0.122. The van der Waals surface area contributed by atoms with Crippen molar-refractivity contribution in [1.82, 2.24) is 14.7 Å². The first kappa shape index (κ1) is 27.2. The van der Waals surface area contributed by atoms with Gasteiger partial charge in [0.05, 0.1) is 16.3 Å². The summed E-state index contributed by atoms with van der Waals surface area (Å²) in [4.78, 5) is 15.5. The van der Waals surface area contributed by atoms with Crippen molar-refractivity contribution in [3.8, 4) is 22.7 Å². The number of thioether (sulfide) groups is 1. The van der Waals surface area contributed by atoms with E-state index in [1.165, 1.54) is 11.8 Å². The molecule has 0 saturated carbocycles. The molecule has 5 rings (SSSR count). The van der Waals surface area contributed by atoms with Gasteiger partial charge in [0.2, 0.25) is 0 Å². The predicted molar refractivity (Wildman–Crippen MR) is 164 cm³/mol. The number of thiocarbonyl (C=S) groups is 1. The molecule has 0 unspecified atom stereocenters. The Morgan fingerprint density at radius 2 is 1.74 bits per heavy atom. The molecule has 1 aliphatic heterocycles. The molecule has 4 aromatic rings. The maximum Gasteiger partial charge on any atom is 0.266 e. The van der Waals surface area contributed by atoms with Crippen LogP contribution in [0.5, 0.6) is 5.75 Å². The molecule has 0 N–H and O–H groups in total. The molecule has 8 heteroatoms. The van der Waals surface area contributed by atoms with Crippen molar-refractivity contribution in [2.75, 3.05) is 6.54 Å². The fourth-order valence-electron chi connectivity index (χ4n) is 4.24. The van der Waals surface area contributed by atoms with Crippen molar-refractivity contribution in [3.63, 3.8) is 0 Å². The van der Waals surface area contributed by atoms with E-state index in [-0.39, 0.29) is 5.91 Å². The number of hydrogen-bond acceptors (Lipinski definition) is 5. The third-order valence-corrected chi connectivity index (χ3v) is 7.99. The molecule has 3 aromatic carbocycles. The van der Waals surface area contributed by atoms with Crippen LogP contribution in [0, 0.1) is 0 Å². The number of unbranched alkanes of at least 4 members (excludes halogenated alkanes) is 2. The first-order chi connectivity index (χ1) is 19.0. The van der Waals surface area contributed by atoms with Gasteiger partial charge in [-0.25, -0.2) is 4.68 Å². The highest BCUT2D eigenvalue weighted by Crippen LogP contribution is 2.35. The molecule has 0 spiro atoms. The first-order valence-electron chi connectivity index (χ1n) is 12.9. The van der Waals surface area contributed by atoms with Gasteiger partial charge in [-0.2, -0.15) is 5.10 Å². The molecule has 2 heterocycles. The maximum atomic E-state index is 13.2. The number of carbonyl (C=O) groups is 1. The van der Waals surface area contributed by atoms with E-state index in [2.05, 4.69) is 6.92 Å². The number of amides is 1. The summed E-state index contributed by atoms with van der Waals surface area (Å²) in [5, 5.41) is 5.60. The van der Waals surface area contributed by atoms with E-state index >= 15 is 0 Å². The maximum absolute atomic E-state index is 13.2. The Kier molecular flexibility index (Phi) is 8.81. The minimum Gasteiger partial charge on any atom is -0.489 e. The molecule has 198 valence electrons. The average molecular weight is 574 g/mol. The molecular formula is C31H28ClN3O2S2. The monoisotopic (exact) mass is 573 g/mol. The molecule has 0 aliphatic carbocycles. The van der Waals surface area contributed by atoms with E-state index in [9.17, 15) is 4.79 Å². The predicted octanol–water partition coefficient (Wildman–Crippen LogP) is 8.16. The fourth-order valence-corrected chi connectivity index (χ4v) is 5.67. The highest BCUT2D eigenvalue weighted by Gasteiger charge is 2.32. The molecule has 0 radical (unpaired) electrons. The third-order valence-electron chi connectivity index (χ3n) is 6.36. The van der Waals surface area contributed by atoms with Crippen LogP contribution in [0.3, 0.4) is 0 Å². The third kappa shape index (κ3) is 6.61. The quantitative estimate of drug-likeness (QED) is 0.109. The van der Waals surface area contributed by atoms with Crippen molar-refractivity contribution in [1.29, 1.82) is 0 Å². The lowest BCUT2D eigenvalue weighted by Crippen LogP contribution is -2.28. The summed E-state index contributed by atoms with van der Waals surface area (Å²) in [7, 11) is 0. The molecule has 5 nitrogen and oxygen atoms in total. The number of ether oxygens (including phenoxy) is 1. The Hall–Kier alpha value is -3.39. The number of para-hydroxylation sites is 1. The van der Waals surface area contributed by atoms with Gasteiger partial charge < -0.3 is 4.74 Å². The highest BCUT2D eigenvalue weighted by molar-refractivity contribution is 8.26. The summed E-state index contributed by atoms with van der Waals surface area (Å²) < 4.78 is 8.42. The van der Waals surface area contributed by atoms with E-state index in [1.807, 2.05) is 95.8 Å². The Morgan fingerprint density at radius 3 is 2.46 bits per heavy atom. The van der Waals surface area contributed by atoms with E-state index in [4.69, 9.17) is 33.7 Å². The van der Waals surface area contributed by atoms with Gasteiger partial charge in [-0.05, 0) is 66.6 Å². The summed E-state index contributed by atoms with van der Waals surface area (Å²) >= 11 is 12.9. The van der Waals surface area contributed by atoms with Gasteiger partial charge in [-0.15, -0.1) is 0 Å². The molecule has 1 fully saturated rings. The second-order valence-electron chi connectivity index (χ2n) is 9.19. The van der Waals surface area contributed by atoms with Gasteiger partial charge in [-0.1, -0.05) is 85.7 Å². The van der Waals surface area contributed by atoms with E-state index in [0.29, 0.717) is 27.4 Å². The summed E-state index contributed by atoms with van der Waals surface area (Å²) in [5.74, 6) is 0.719. The van der Waals surface area contributed by atoms with Gasteiger partial charge >= 0.3 is 0 Å². The average Bonchev–Trinajstić information content (AvgIpc) is 3.50. The fraction of sp³-hybridized carbons (Fsp3) is 0.194. The van der Waals surface area contributed by atoms with E-state index in [1.54, 1.807) is 4.90 Å². The topological polar surface area (TPSA) is 47.4 Å². The van der Waals surface area contributed by atoms with Crippen LogP contribution in [0.1, 0.15) is 37.3 Å². The summed E-state index contributed by atoms with van der Waals surface area (Å²) in [6, 6.07) is 25.4. The number of hydrogen-bond donors (Lipinski definition) is 0. The number of aromatic nitrogens is 2. The van der Waals surface area contributed by atoms with Crippen LogP contribution in [0.4, 0.5) is 0 Å². The zero-order valence-electron chi connectivity index (χ0n) is 21.5. The molecule has 1 aliphatic rings. The standard InChI is InChI=1S/C31H28ClN3O2S2/c1-2-3-7-18-34-30(36)28(39-31(34)38)19-24-20-35(26-8-5-4-6-9-26)33-29(24)23-12-16-27(17-13-23)37-21-22-10-14-25(32)15-11-22/h4-6,8-17,19-20H,2-3,7,18,21H2,1H3/b28-19-. The van der Waals surface area contributed by atoms with Gasteiger partial charge in [-0.3, -0.25) is 9.69 Å². The van der Waals surface area contributed by atoms with Crippen LogP contribution in [-0.4, -0.2) is 31.5 Å². The number of carbonyl (C=O) groups excluding carboxylic acids is 1. The number of rotatable bonds is 10. The zero-order valence-corrected chi connectivity index (χ0v) is 23.9.